The molecule has 146 valence electrons. The molecule has 28 heavy (non-hydrogen) atoms. The second kappa shape index (κ2) is 9.46. The van der Waals surface area contributed by atoms with Crippen LogP contribution in [0.5, 0.6) is 11.5 Å². The molecule has 3 rings (SSSR count). The largest absolute Gasteiger partial charge is 0.493 e. The monoisotopic (exact) mass is 396 g/mol. The van der Waals surface area contributed by atoms with Crippen molar-refractivity contribution in [3.05, 3.63) is 59.0 Å². The fraction of sp³-hybridized carbons (Fsp3) is 0.273. The number of amides is 1. The number of para-hydroxylation sites is 1. The van der Waals surface area contributed by atoms with E-state index in [0.717, 1.165) is 17.7 Å². The summed E-state index contributed by atoms with van der Waals surface area (Å²) in [6, 6.07) is 15.4. The Balaban J connectivity index is 1.92. The van der Waals surface area contributed by atoms with Gasteiger partial charge in [0.15, 0.2) is 16.7 Å². The van der Waals surface area contributed by atoms with Gasteiger partial charge in [0.1, 0.15) is 0 Å². The second-order valence-corrected chi connectivity index (χ2v) is 7.15. The third kappa shape index (κ3) is 4.57. The summed E-state index contributed by atoms with van der Waals surface area (Å²) in [7, 11) is 1.61. The van der Waals surface area contributed by atoms with Gasteiger partial charge in [-0.3, -0.25) is 9.69 Å². The maximum absolute atomic E-state index is 12.9. The van der Waals surface area contributed by atoms with E-state index in [1.165, 1.54) is 11.8 Å². The second-order valence-electron chi connectivity index (χ2n) is 6.14. The van der Waals surface area contributed by atoms with Crippen molar-refractivity contribution in [3.63, 3.8) is 0 Å². The van der Waals surface area contributed by atoms with E-state index in [9.17, 15) is 4.79 Å². The van der Waals surface area contributed by atoms with Crippen LogP contribution >= 0.6 is 11.8 Å². The summed E-state index contributed by atoms with van der Waals surface area (Å²) in [5.41, 5.74) is 1.72. The Morgan fingerprint density at radius 2 is 1.89 bits per heavy atom. The van der Waals surface area contributed by atoms with E-state index in [4.69, 9.17) is 9.47 Å². The number of rotatable bonds is 7. The normalized spacial score (nSPS) is 16.8. The first-order valence-corrected chi connectivity index (χ1v) is 10.1. The molecule has 0 atom stereocenters. The Morgan fingerprint density at radius 1 is 1.11 bits per heavy atom. The summed E-state index contributed by atoms with van der Waals surface area (Å²) in [6.45, 7) is 5.19. The molecule has 1 saturated heterocycles. The molecule has 0 saturated carbocycles. The minimum atomic E-state index is -0.0191. The van der Waals surface area contributed by atoms with Crippen molar-refractivity contribution in [2.75, 3.05) is 20.3 Å². The van der Waals surface area contributed by atoms with E-state index in [-0.39, 0.29) is 5.91 Å². The zero-order valence-corrected chi connectivity index (χ0v) is 17.2. The molecular formula is C22H24N2O3S. The number of carbonyl (C=O) groups excluding carboxylic acids is 1. The van der Waals surface area contributed by atoms with E-state index in [2.05, 4.69) is 11.9 Å². The van der Waals surface area contributed by atoms with Gasteiger partial charge in [0.05, 0.1) is 24.3 Å². The van der Waals surface area contributed by atoms with Gasteiger partial charge >= 0.3 is 0 Å². The maximum Gasteiger partial charge on any atom is 0.266 e. The van der Waals surface area contributed by atoms with Crippen molar-refractivity contribution in [3.8, 4) is 11.5 Å². The Bertz CT molecular complexity index is 894. The van der Waals surface area contributed by atoms with E-state index < -0.39 is 0 Å². The highest BCUT2D eigenvalue weighted by Crippen LogP contribution is 2.35. The Kier molecular flexibility index (Phi) is 6.76. The van der Waals surface area contributed by atoms with Crippen LogP contribution in [-0.2, 0) is 4.79 Å². The van der Waals surface area contributed by atoms with Crippen LogP contribution in [0.15, 0.2) is 58.4 Å². The number of methoxy groups -OCH3 is 1. The molecule has 0 aromatic heterocycles. The molecule has 1 amide bonds. The smallest absolute Gasteiger partial charge is 0.266 e. The lowest BCUT2D eigenvalue weighted by Crippen LogP contribution is -2.29. The fourth-order valence-corrected chi connectivity index (χ4v) is 3.85. The fourth-order valence-electron chi connectivity index (χ4n) is 2.83. The third-order valence-electron chi connectivity index (χ3n) is 4.10. The van der Waals surface area contributed by atoms with Gasteiger partial charge in [0.2, 0.25) is 0 Å². The van der Waals surface area contributed by atoms with Crippen molar-refractivity contribution >= 4 is 34.6 Å². The zero-order valence-electron chi connectivity index (χ0n) is 16.3. The van der Waals surface area contributed by atoms with E-state index >= 15 is 0 Å². The van der Waals surface area contributed by atoms with Gasteiger partial charge in [-0.2, -0.15) is 0 Å². The average molecular weight is 397 g/mol. The summed E-state index contributed by atoms with van der Waals surface area (Å²) in [5, 5.41) is 0.710. The number of hydrogen-bond acceptors (Lipinski definition) is 5. The van der Waals surface area contributed by atoms with Crippen LogP contribution in [0.3, 0.4) is 0 Å². The highest BCUT2D eigenvalue weighted by atomic mass is 32.2. The molecular weight excluding hydrogens is 372 g/mol. The van der Waals surface area contributed by atoms with Gasteiger partial charge in [-0.25, -0.2) is 4.99 Å². The molecule has 0 aliphatic carbocycles. The minimum Gasteiger partial charge on any atom is -0.493 e. The maximum atomic E-state index is 12.9. The van der Waals surface area contributed by atoms with Crippen LogP contribution in [0.25, 0.3) is 6.08 Å². The molecule has 0 radical (unpaired) electrons. The topological polar surface area (TPSA) is 51.1 Å². The van der Waals surface area contributed by atoms with Gasteiger partial charge in [0, 0.05) is 6.54 Å². The first kappa shape index (κ1) is 20.0. The van der Waals surface area contributed by atoms with E-state index in [1.54, 1.807) is 12.0 Å². The molecule has 1 heterocycles. The molecule has 1 aliphatic heterocycles. The molecule has 0 N–H and O–H groups in total. The SMILES string of the molecule is CCCN1C(=O)/C(=C/c2ccc(OCC)c(OC)c2)SC1=Nc1ccccc1. The molecule has 1 aliphatic rings. The third-order valence-corrected chi connectivity index (χ3v) is 5.11. The van der Waals surface area contributed by atoms with Gasteiger partial charge in [-0.05, 0) is 61.0 Å². The van der Waals surface area contributed by atoms with Crippen molar-refractivity contribution in [1.29, 1.82) is 0 Å². The summed E-state index contributed by atoms with van der Waals surface area (Å²) in [4.78, 5) is 20.0. The predicted molar refractivity (Wildman–Crippen MR) is 115 cm³/mol. The zero-order chi connectivity index (χ0) is 19.9. The van der Waals surface area contributed by atoms with Crippen LogP contribution in [0, 0.1) is 0 Å². The average Bonchev–Trinajstić information content (AvgIpc) is 2.99. The van der Waals surface area contributed by atoms with E-state index in [0.29, 0.717) is 34.7 Å². The number of benzene rings is 2. The summed E-state index contributed by atoms with van der Waals surface area (Å²) in [5.74, 6) is 1.32. The molecule has 1 fully saturated rings. The Morgan fingerprint density at radius 3 is 2.57 bits per heavy atom. The molecule has 0 bridgehead atoms. The number of carbonyl (C=O) groups is 1. The van der Waals surface area contributed by atoms with E-state index in [1.807, 2.05) is 61.5 Å². The molecule has 6 heteroatoms. The summed E-state index contributed by atoms with van der Waals surface area (Å²) < 4.78 is 11.0. The van der Waals surface area contributed by atoms with Crippen LogP contribution in [0.2, 0.25) is 0 Å². The number of ether oxygens (including phenoxy) is 2. The highest BCUT2D eigenvalue weighted by Gasteiger charge is 2.32. The van der Waals surface area contributed by atoms with Gasteiger partial charge in [-0.15, -0.1) is 0 Å². The van der Waals surface area contributed by atoms with Gasteiger partial charge < -0.3 is 9.47 Å². The molecule has 0 unspecified atom stereocenters. The van der Waals surface area contributed by atoms with Crippen molar-refractivity contribution in [1.82, 2.24) is 4.90 Å². The van der Waals surface area contributed by atoms with Crippen LogP contribution < -0.4 is 9.47 Å². The Hall–Kier alpha value is -2.73. The first-order valence-electron chi connectivity index (χ1n) is 9.32. The lowest BCUT2D eigenvalue weighted by Gasteiger charge is -2.13. The Labute approximate surface area is 170 Å². The summed E-state index contributed by atoms with van der Waals surface area (Å²) in [6.07, 6.45) is 2.74. The molecule has 5 nitrogen and oxygen atoms in total. The van der Waals surface area contributed by atoms with Crippen molar-refractivity contribution in [2.45, 2.75) is 20.3 Å². The number of thioether (sulfide) groups is 1. The number of hydrogen-bond donors (Lipinski definition) is 0. The van der Waals surface area contributed by atoms with Gasteiger partial charge in [-0.1, -0.05) is 31.2 Å². The lowest BCUT2D eigenvalue weighted by molar-refractivity contribution is -0.122. The number of aliphatic imine (C=N–C) groups is 1. The van der Waals surface area contributed by atoms with Crippen molar-refractivity contribution in [2.24, 2.45) is 4.99 Å². The lowest BCUT2D eigenvalue weighted by atomic mass is 10.2. The minimum absolute atomic E-state index is 0.0191. The quantitative estimate of drug-likeness (QED) is 0.611. The van der Waals surface area contributed by atoms with Crippen LogP contribution in [-0.4, -0.2) is 36.2 Å². The molecule has 0 spiro atoms. The predicted octanol–water partition coefficient (Wildman–Crippen LogP) is 5.11. The summed E-state index contributed by atoms with van der Waals surface area (Å²) >= 11 is 1.40. The first-order chi connectivity index (χ1) is 13.7. The van der Waals surface area contributed by atoms with Crippen LogP contribution in [0.1, 0.15) is 25.8 Å². The molecule has 2 aromatic carbocycles. The number of amidine groups is 1. The van der Waals surface area contributed by atoms with Gasteiger partial charge in [0.25, 0.3) is 5.91 Å². The number of nitrogens with zero attached hydrogens (tertiary/aromatic N) is 2. The standard InChI is InChI=1S/C22H24N2O3S/c1-4-13-24-21(25)20(28-22(24)23-17-9-7-6-8-10-17)15-16-11-12-18(27-5-2)19(14-16)26-3/h6-12,14-15H,4-5,13H2,1-3H3/b20-15-,23-22?. The van der Waals surface area contributed by atoms with Crippen molar-refractivity contribution < 1.29 is 14.3 Å². The highest BCUT2D eigenvalue weighted by molar-refractivity contribution is 8.18. The molecule has 2 aromatic rings. The van der Waals surface area contributed by atoms with Crippen LogP contribution in [0.4, 0.5) is 5.69 Å².